The number of hydrogen-bond acceptors (Lipinski definition) is 5. The van der Waals surface area contributed by atoms with Crippen LogP contribution in [0, 0.1) is 0 Å². The van der Waals surface area contributed by atoms with Gasteiger partial charge in [-0.15, -0.1) is 0 Å². The van der Waals surface area contributed by atoms with Gasteiger partial charge in [0.05, 0.1) is 12.1 Å². The second-order valence-corrected chi connectivity index (χ2v) is 4.34. The molecular formula is C11H16N4O2. The number of primary amides is 1. The molecule has 1 aromatic heterocycles. The van der Waals surface area contributed by atoms with E-state index in [1.807, 2.05) is 7.05 Å². The minimum absolute atomic E-state index is 0.0574. The number of aliphatic hydroxyl groups is 1. The van der Waals surface area contributed by atoms with Crippen LogP contribution in [0.1, 0.15) is 35.2 Å². The Hall–Kier alpha value is -1.53. The Morgan fingerprint density at radius 2 is 2.41 bits per heavy atom. The second-order valence-electron chi connectivity index (χ2n) is 4.34. The average Bonchev–Trinajstić information content (AvgIpc) is 2.32. The molecule has 0 aliphatic carbocycles. The first-order valence-corrected chi connectivity index (χ1v) is 5.59. The zero-order valence-electron chi connectivity index (χ0n) is 9.71. The summed E-state index contributed by atoms with van der Waals surface area (Å²) < 4.78 is 0. The van der Waals surface area contributed by atoms with Crippen LogP contribution in [0.3, 0.4) is 0 Å². The Balaban J connectivity index is 2.26. The molecule has 0 saturated carbocycles. The summed E-state index contributed by atoms with van der Waals surface area (Å²) in [5.74, 6) is -0.0183. The van der Waals surface area contributed by atoms with E-state index in [1.54, 1.807) is 0 Å². The lowest BCUT2D eigenvalue weighted by molar-refractivity contribution is 0.0519. The lowest BCUT2D eigenvalue weighted by Gasteiger charge is -2.33. The van der Waals surface area contributed by atoms with Gasteiger partial charge in [0.2, 0.25) is 0 Å². The highest BCUT2D eigenvalue weighted by molar-refractivity contribution is 5.90. The number of nitrogens with zero attached hydrogens (tertiary/aromatic N) is 3. The molecule has 0 bridgehead atoms. The molecule has 1 aromatic rings. The van der Waals surface area contributed by atoms with Crippen molar-refractivity contribution in [3.8, 4) is 0 Å². The molecule has 0 spiro atoms. The minimum Gasteiger partial charge on any atom is -0.393 e. The fraction of sp³-hybridized carbons (Fsp3) is 0.545. The van der Waals surface area contributed by atoms with Gasteiger partial charge in [0.15, 0.2) is 0 Å². The van der Waals surface area contributed by atoms with E-state index >= 15 is 0 Å². The van der Waals surface area contributed by atoms with Crippen LogP contribution in [0.15, 0.2) is 12.3 Å². The molecule has 1 amide bonds. The number of carbonyl (C=O) groups is 1. The minimum atomic E-state index is -0.562. The van der Waals surface area contributed by atoms with Gasteiger partial charge in [0.25, 0.3) is 5.91 Å². The summed E-state index contributed by atoms with van der Waals surface area (Å²) >= 11 is 0. The monoisotopic (exact) mass is 236 g/mol. The number of rotatable bonds is 2. The van der Waals surface area contributed by atoms with Crippen molar-refractivity contribution in [2.45, 2.75) is 25.0 Å². The van der Waals surface area contributed by atoms with E-state index in [4.69, 9.17) is 5.73 Å². The van der Waals surface area contributed by atoms with Crippen LogP contribution in [0.2, 0.25) is 0 Å². The van der Waals surface area contributed by atoms with E-state index in [1.165, 1.54) is 12.3 Å². The predicted molar refractivity (Wildman–Crippen MR) is 61.2 cm³/mol. The molecule has 1 aliphatic rings. The van der Waals surface area contributed by atoms with Gasteiger partial charge in [0.1, 0.15) is 11.5 Å². The molecule has 0 radical (unpaired) electrons. The first-order chi connectivity index (χ1) is 8.08. The first-order valence-electron chi connectivity index (χ1n) is 5.59. The molecule has 1 saturated heterocycles. The summed E-state index contributed by atoms with van der Waals surface area (Å²) in [4.78, 5) is 21.4. The van der Waals surface area contributed by atoms with Crippen molar-refractivity contribution in [3.63, 3.8) is 0 Å². The normalized spacial score (nSPS) is 25.8. The highest BCUT2D eigenvalue weighted by Gasteiger charge is 2.28. The first kappa shape index (κ1) is 11.9. The molecule has 6 heteroatoms. The topological polar surface area (TPSA) is 92.3 Å². The summed E-state index contributed by atoms with van der Waals surface area (Å²) in [6, 6.07) is 1.43. The molecular weight excluding hydrogens is 220 g/mol. The van der Waals surface area contributed by atoms with Gasteiger partial charge in [-0.2, -0.15) is 0 Å². The van der Waals surface area contributed by atoms with Crippen LogP contribution in [-0.4, -0.2) is 45.6 Å². The van der Waals surface area contributed by atoms with Crippen molar-refractivity contribution in [2.24, 2.45) is 5.73 Å². The SMILES string of the molecule is CN1CC[C@@H](O)C[C@H]1c1nccc(C(N)=O)n1. The molecule has 92 valence electrons. The van der Waals surface area contributed by atoms with Gasteiger partial charge in [-0.1, -0.05) is 0 Å². The summed E-state index contributed by atoms with van der Waals surface area (Å²) in [5, 5.41) is 9.66. The Bertz CT molecular complexity index is 424. The number of nitrogens with two attached hydrogens (primary N) is 1. The van der Waals surface area contributed by atoms with Crippen molar-refractivity contribution in [2.75, 3.05) is 13.6 Å². The standard InChI is InChI=1S/C11H16N4O2/c1-15-5-3-7(16)6-9(15)11-13-4-2-8(14-11)10(12)17/h2,4,7,9,16H,3,5-6H2,1H3,(H2,12,17)/t7-,9+/m1/s1. The molecule has 2 heterocycles. The number of likely N-dealkylation sites (tertiary alicyclic amines) is 1. The average molecular weight is 236 g/mol. The summed E-state index contributed by atoms with van der Waals surface area (Å²) in [6.45, 7) is 0.788. The molecule has 1 fully saturated rings. The van der Waals surface area contributed by atoms with Crippen LogP contribution >= 0.6 is 0 Å². The maximum atomic E-state index is 11.1. The number of hydrogen-bond donors (Lipinski definition) is 2. The Labute approximate surface area is 99.5 Å². The lowest BCUT2D eigenvalue weighted by Crippen LogP contribution is -2.37. The van der Waals surface area contributed by atoms with Gasteiger partial charge in [-0.3, -0.25) is 9.69 Å². The van der Waals surface area contributed by atoms with E-state index in [-0.39, 0.29) is 17.8 Å². The quantitative estimate of drug-likeness (QED) is 0.735. The molecule has 1 aliphatic heterocycles. The lowest BCUT2D eigenvalue weighted by atomic mass is 9.99. The van der Waals surface area contributed by atoms with Crippen LogP contribution < -0.4 is 5.73 Å². The summed E-state index contributed by atoms with van der Waals surface area (Å²) in [5.41, 5.74) is 5.39. The van der Waals surface area contributed by atoms with Crippen molar-refractivity contribution >= 4 is 5.91 Å². The number of amides is 1. The zero-order valence-corrected chi connectivity index (χ0v) is 9.71. The van der Waals surface area contributed by atoms with E-state index in [2.05, 4.69) is 14.9 Å². The van der Waals surface area contributed by atoms with E-state index < -0.39 is 5.91 Å². The molecule has 3 N–H and O–H groups in total. The van der Waals surface area contributed by atoms with Crippen LogP contribution in [-0.2, 0) is 0 Å². The largest absolute Gasteiger partial charge is 0.393 e. The van der Waals surface area contributed by atoms with Crippen molar-refractivity contribution < 1.29 is 9.90 Å². The Morgan fingerprint density at radius 1 is 1.65 bits per heavy atom. The molecule has 0 unspecified atom stereocenters. The number of carbonyl (C=O) groups excluding carboxylic acids is 1. The number of aliphatic hydroxyl groups excluding tert-OH is 1. The van der Waals surface area contributed by atoms with Gasteiger partial charge in [0, 0.05) is 12.7 Å². The third-order valence-electron chi connectivity index (χ3n) is 3.07. The van der Waals surface area contributed by atoms with E-state index in [0.717, 1.165) is 13.0 Å². The summed E-state index contributed by atoms with van der Waals surface area (Å²) in [7, 11) is 1.96. The third-order valence-corrected chi connectivity index (χ3v) is 3.07. The highest BCUT2D eigenvalue weighted by Crippen LogP contribution is 2.27. The Morgan fingerprint density at radius 3 is 3.12 bits per heavy atom. The summed E-state index contributed by atoms with van der Waals surface area (Å²) in [6.07, 6.45) is 2.52. The highest BCUT2D eigenvalue weighted by atomic mass is 16.3. The van der Waals surface area contributed by atoms with Crippen LogP contribution in [0.25, 0.3) is 0 Å². The fourth-order valence-electron chi connectivity index (χ4n) is 2.04. The maximum absolute atomic E-state index is 11.1. The maximum Gasteiger partial charge on any atom is 0.267 e. The second kappa shape index (κ2) is 4.77. The molecule has 6 nitrogen and oxygen atoms in total. The Kier molecular flexibility index (Phi) is 3.35. The third kappa shape index (κ3) is 2.59. The molecule has 2 rings (SSSR count). The smallest absolute Gasteiger partial charge is 0.267 e. The van der Waals surface area contributed by atoms with Gasteiger partial charge in [-0.25, -0.2) is 9.97 Å². The number of aromatic nitrogens is 2. The van der Waals surface area contributed by atoms with Gasteiger partial charge in [-0.05, 0) is 26.0 Å². The van der Waals surface area contributed by atoms with Crippen LogP contribution in [0.5, 0.6) is 0 Å². The molecule has 0 aromatic carbocycles. The van der Waals surface area contributed by atoms with Gasteiger partial charge < -0.3 is 10.8 Å². The zero-order chi connectivity index (χ0) is 12.4. The number of piperidine rings is 1. The fourth-order valence-corrected chi connectivity index (χ4v) is 2.04. The molecule has 17 heavy (non-hydrogen) atoms. The van der Waals surface area contributed by atoms with Crippen molar-refractivity contribution in [3.05, 3.63) is 23.8 Å². The van der Waals surface area contributed by atoms with Crippen molar-refractivity contribution in [1.29, 1.82) is 0 Å². The van der Waals surface area contributed by atoms with Gasteiger partial charge >= 0.3 is 0 Å². The predicted octanol–water partition coefficient (Wildman–Crippen LogP) is -0.297. The molecule has 2 atom stereocenters. The van der Waals surface area contributed by atoms with E-state index in [9.17, 15) is 9.90 Å². The van der Waals surface area contributed by atoms with Crippen LogP contribution in [0.4, 0.5) is 0 Å². The van der Waals surface area contributed by atoms with E-state index in [0.29, 0.717) is 12.2 Å². The van der Waals surface area contributed by atoms with Crippen molar-refractivity contribution in [1.82, 2.24) is 14.9 Å².